The fraction of sp³-hybridized carbons (Fsp3) is 0.167. The van der Waals surface area contributed by atoms with Gasteiger partial charge in [-0.25, -0.2) is 9.37 Å². The lowest BCUT2D eigenvalue weighted by molar-refractivity contribution is 0.102. The molecule has 0 unspecified atom stereocenters. The van der Waals surface area contributed by atoms with Crippen molar-refractivity contribution >= 4 is 17.4 Å². The third-order valence-corrected chi connectivity index (χ3v) is 3.78. The average molecular weight is 339 g/mol. The van der Waals surface area contributed by atoms with Gasteiger partial charge in [-0.15, -0.1) is 0 Å². The van der Waals surface area contributed by atoms with Crippen LogP contribution in [-0.4, -0.2) is 34.5 Å². The predicted octanol–water partition coefficient (Wildman–Crippen LogP) is 2.94. The summed E-state index contributed by atoms with van der Waals surface area (Å²) in [5.41, 5.74) is 2.47. The van der Waals surface area contributed by atoms with Gasteiger partial charge in [0.25, 0.3) is 5.91 Å². The van der Waals surface area contributed by atoms with Gasteiger partial charge < -0.3 is 14.8 Å². The van der Waals surface area contributed by atoms with Crippen molar-refractivity contribution in [1.29, 1.82) is 0 Å². The van der Waals surface area contributed by atoms with Crippen LogP contribution in [0, 0.1) is 5.82 Å². The molecule has 0 saturated carbocycles. The van der Waals surface area contributed by atoms with Crippen LogP contribution in [0.5, 0.6) is 0 Å². The highest BCUT2D eigenvalue weighted by molar-refractivity contribution is 6.04. The summed E-state index contributed by atoms with van der Waals surface area (Å²) < 4.78 is 14.8. The minimum atomic E-state index is -0.337. The smallest absolute Gasteiger partial charge is 0.275 e. The normalized spacial score (nSPS) is 10.6. The van der Waals surface area contributed by atoms with E-state index in [1.54, 1.807) is 42.3 Å². The number of benzene rings is 1. The molecule has 0 aliphatic heterocycles. The van der Waals surface area contributed by atoms with Crippen LogP contribution < -0.4 is 10.2 Å². The average Bonchev–Trinajstić information content (AvgIpc) is 2.96. The molecule has 2 heterocycles. The number of hydrogen-bond donors (Lipinski definition) is 1. The lowest BCUT2D eigenvalue weighted by atomic mass is 10.1. The molecule has 128 valence electrons. The van der Waals surface area contributed by atoms with Crippen LogP contribution in [0.1, 0.15) is 10.5 Å². The van der Waals surface area contributed by atoms with E-state index in [0.29, 0.717) is 22.8 Å². The van der Waals surface area contributed by atoms with E-state index in [1.165, 1.54) is 12.1 Å². The monoisotopic (exact) mass is 339 g/mol. The number of amides is 1. The van der Waals surface area contributed by atoms with Gasteiger partial charge in [-0.1, -0.05) is 0 Å². The highest BCUT2D eigenvalue weighted by Gasteiger charge is 2.16. The van der Waals surface area contributed by atoms with Crippen LogP contribution in [0.3, 0.4) is 0 Å². The van der Waals surface area contributed by atoms with Gasteiger partial charge in [0.1, 0.15) is 23.0 Å². The summed E-state index contributed by atoms with van der Waals surface area (Å²) in [4.78, 5) is 22.9. The number of pyridine rings is 1. The molecule has 25 heavy (non-hydrogen) atoms. The van der Waals surface area contributed by atoms with Gasteiger partial charge in [0.05, 0.1) is 6.33 Å². The number of nitrogens with zero attached hydrogens (tertiary/aromatic N) is 4. The summed E-state index contributed by atoms with van der Waals surface area (Å²) in [6.45, 7) is 0. The van der Waals surface area contributed by atoms with E-state index in [9.17, 15) is 9.18 Å². The number of aryl methyl sites for hydroxylation is 1. The van der Waals surface area contributed by atoms with E-state index in [-0.39, 0.29) is 11.7 Å². The van der Waals surface area contributed by atoms with Crippen LogP contribution in [0.15, 0.2) is 48.9 Å². The van der Waals surface area contributed by atoms with Crippen LogP contribution in [-0.2, 0) is 7.05 Å². The molecule has 0 radical (unpaired) electrons. The van der Waals surface area contributed by atoms with E-state index in [0.717, 1.165) is 5.69 Å². The molecule has 2 aromatic heterocycles. The second-order valence-corrected chi connectivity index (χ2v) is 5.81. The highest BCUT2D eigenvalue weighted by Crippen LogP contribution is 2.26. The number of halogens is 1. The molecule has 0 fully saturated rings. The molecule has 0 aliphatic carbocycles. The van der Waals surface area contributed by atoms with Gasteiger partial charge in [-0.3, -0.25) is 9.78 Å². The van der Waals surface area contributed by atoms with Crippen molar-refractivity contribution in [3.05, 3.63) is 60.4 Å². The molecule has 1 N–H and O–H groups in total. The highest BCUT2D eigenvalue weighted by atomic mass is 19.1. The predicted molar refractivity (Wildman–Crippen MR) is 95.1 cm³/mol. The van der Waals surface area contributed by atoms with Gasteiger partial charge in [0, 0.05) is 38.6 Å². The van der Waals surface area contributed by atoms with Crippen LogP contribution >= 0.6 is 0 Å². The Morgan fingerprint density at radius 3 is 2.56 bits per heavy atom. The minimum absolute atomic E-state index is 0.303. The standard InChI is InChI=1S/C18H18FN5O/c1-23(2)14-8-9-20-15(10-14)18(25)22-17-16(21-11-24(17)3)12-4-6-13(19)7-5-12/h4-11H,1-3H3,(H,22,25). The molecule has 3 aromatic rings. The molecule has 3 rings (SSSR count). The SMILES string of the molecule is CN(C)c1ccnc(C(=O)Nc2c(-c3ccc(F)cc3)ncn2C)c1. The van der Waals surface area contributed by atoms with Crippen LogP contribution in [0.25, 0.3) is 11.3 Å². The number of nitrogens with one attached hydrogen (secondary N) is 1. The number of rotatable bonds is 4. The number of hydrogen-bond acceptors (Lipinski definition) is 4. The molecule has 7 heteroatoms. The van der Waals surface area contributed by atoms with Gasteiger partial charge in [-0.2, -0.15) is 0 Å². The second kappa shape index (κ2) is 6.72. The summed E-state index contributed by atoms with van der Waals surface area (Å²) in [6, 6.07) is 9.50. The van der Waals surface area contributed by atoms with Crippen molar-refractivity contribution in [1.82, 2.24) is 14.5 Å². The molecule has 6 nitrogen and oxygen atoms in total. The van der Waals surface area contributed by atoms with Crippen molar-refractivity contribution in [3.8, 4) is 11.3 Å². The third kappa shape index (κ3) is 3.50. The Hall–Kier alpha value is -3.22. The molecular weight excluding hydrogens is 321 g/mol. The lowest BCUT2D eigenvalue weighted by Gasteiger charge is -2.13. The second-order valence-electron chi connectivity index (χ2n) is 5.81. The molecule has 0 atom stereocenters. The zero-order chi connectivity index (χ0) is 18.0. The van der Waals surface area contributed by atoms with E-state index >= 15 is 0 Å². The fourth-order valence-electron chi connectivity index (χ4n) is 2.39. The van der Waals surface area contributed by atoms with Crippen molar-refractivity contribution < 1.29 is 9.18 Å². The van der Waals surface area contributed by atoms with Gasteiger partial charge in [0.15, 0.2) is 0 Å². The Morgan fingerprint density at radius 2 is 1.88 bits per heavy atom. The summed E-state index contributed by atoms with van der Waals surface area (Å²) in [5.74, 6) is -0.140. The molecular formula is C18H18FN5O. The van der Waals surface area contributed by atoms with Crippen molar-refractivity contribution in [3.63, 3.8) is 0 Å². The maximum atomic E-state index is 13.1. The maximum absolute atomic E-state index is 13.1. The first-order chi connectivity index (χ1) is 12.0. The molecule has 1 amide bonds. The molecule has 0 bridgehead atoms. The van der Waals surface area contributed by atoms with Crippen LogP contribution in [0.2, 0.25) is 0 Å². The molecule has 0 aliphatic rings. The van der Waals surface area contributed by atoms with Crippen LogP contribution in [0.4, 0.5) is 15.9 Å². The fourth-order valence-corrected chi connectivity index (χ4v) is 2.39. The number of anilines is 2. The molecule has 0 saturated heterocycles. The maximum Gasteiger partial charge on any atom is 0.275 e. The summed E-state index contributed by atoms with van der Waals surface area (Å²) >= 11 is 0. The Kier molecular flexibility index (Phi) is 4.47. The Morgan fingerprint density at radius 1 is 1.16 bits per heavy atom. The third-order valence-electron chi connectivity index (χ3n) is 3.78. The molecule has 1 aromatic carbocycles. The topological polar surface area (TPSA) is 63.1 Å². The Bertz CT molecular complexity index is 902. The number of carbonyl (C=O) groups is 1. The number of imidazole rings is 1. The van der Waals surface area contributed by atoms with Crippen molar-refractivity contribution in [2.24, 2.45) is 7.05 Å². The van der Waals surface area contributed by atoms with E-state index < -0.39 is 0 Å². The number of aromatic nitrogens is 3. The van der Waals surface area contributed by atoms with Gasteiger partial charge >= 0.3 is 0 Å². The van der Waals surface area contributed by atoms with E-state index in [4.69, 9.17) is 0 Å². The number of carbonyl (C=O) groups excluding carboxylic acids is 1. The Labute approximate surface area is 145 Å². The lowest BCUT2D eigenvalue weighted by Crippen LogP contribution is -2.17. The van der Waals surface area contributed by atoms with Gasteiger partial charge in [0.2, 0.25) is 0 Å². The largest absolute Gasteiger partial charge is 0.378 e. The quantitative estimate of drug-likeness (QED) is 0.794. The first-order valence-corrected chi connectivity index (χ1v) is 7.67. The zero-order valence-electron chi connectivity index (χ0n) is 14.2. The van der Waals surface area contributed by atoms with Gasteiger partial charge in [-0.05, 0) is 36.4 Å². The summed E-state index contributed by atoms with van der Waals surface area (Å²) in [7, 11) is 5.56. The zero-order valence-corrected chi connectivity index (χ0v) is 14.2. The Balaban J connectivity index is 1.90. The van der Waals surface area contributed by atoms with Crippen molar-refractivity contribution in [2.45, 2.75) is 0 Å². The summed E-state index contributed by atoms with van der Waals surface area (Å²) in [5, 5.41) is 2.84. The summed E-state index contributed by atoms with van der Waals surface area (Å²) in [6.07, 6.45) is 3.19. The first kappa shape index (κ1) is 16.6. The molecule has 0 spiro atoms. The van der Waals surface area contributed by atoms with E-state index in [1.807, 2.05) is 25.1 Å². The first-order valence-electron chi connectivity index (χ1n) is 7.67. The van der Waals surface area contributed by atoms with E-state index in [2.05, 4.69) is 15.3 Å². The van der Waals surface area contributed by atoms with Crippen molar-refractivity contribution in [2.75, 3.05) is 24.3 Å². The minimum Gasteiger partial charge on any atom is -0.378 e.